The van der Waals surface area contributed by atoms with Gasteiger partial charge in [0, 0.05) is 10.5 Å². The first kappa shape index (κ1) is 13.0. The molecule has 4 heteroatoms. The number of hydrogen-bond donors (Lipinski definition) is 1. The zero-order chi connectivity index (χ0) is 11.8. The molecule has 1 aromatic carbocycles. The van der Waals surface area contributed by atoms with Crippen molar-refractivity contribution in [3.05, 3.63) is 29.8 Å². The lowest BCUT2D eigenvalue weighted by Crippen LogP contribution is -2.11. The molecule has 0 unspecified atom stereocenters. The van der Waals surface area contributed by atoms with Gasteiger partial charge in [-0.05, 0) is 30.8 Å². The zero-order valence-electron chi connectivity index (χ0n) is 8.97. The van der Waals surface area contributed by atoms with Gasteiger partial charge in [-0.3, -0.25) is 0 Å². The number of thioether (sulfide) groups is 1. The van der Waals surface area contributed by atoms with Gasteiger partial charge in [0.25, 0.3) is 5.76 Å². The smallest absolute Gasteiger partial charge is 0.288 e. The standard InChI is InChI=1S/C12H13F2NS/c1-2-15-9-3-4-10-5-7-11(8-6-10)16-12(13)14/h5-8,12,15H,2,9H2,1H3. The summed E-state index contributed by atoms with van der Waals surface area (Å²) in [5, 5.41) is 3.08. The molecule has 0 radical (unpaired) electrons. The molecule has 0 saturated heterocycles. The van der Waals surface area contributed by atoms with Crippen molar-refractivity contribution in [1.82, 2.24) is 5.32 Å². The van der Waals surface area contributed by atoms with Crippen LogP contribution in [0.1, 0.15) is 12.5 Å². The van der Waals surface area contributed by atoms with E-state index in [0.29, 0.717) is 23.2 Å². The lowest BCUT2D eigenvalue weighted by molar-refractivity contribution is 0.252. The minimum absolute atomic E-state index is 0.545. The Bertz CT molecular complexity index is 365. The normalized spacial score (nSPS) is 10.0. The van der Waals surface area contributed by atoms with E-state index in [0.717, 1.165) is 12.1 Å². The van der Waals surface area contributed by atoms with Gasteiger partial charge >= 0.3 is 0 Å². The average Bonchev–Trinajstić information content (AvgIpc) is 2.26. The highest BCUT2D eigenvalue weighted by Crippen LogP contribution is 2.24. The van der Waals surface area contributed by atoms with Gasteiger partial charge in [0.2, 0.25) is 0 Å². The maximum Gasteiger partial charge on any atom is 0.288 e. The third-order valence-electron chi connectivity index (χ3n) is 1.78. The molecule has 0 saturated carbocycles. The molecular formula is C12H13F2NS. The van der Waals surface area contributed by atoms with Gasteiger partial charge in [0.15, 0.2) is 0 Å². The minimum Gasteiger partial charge on any atom is -0.306 e. The molecule has 0 aromatic heterocycles. The Morgan fingerprint density at radius 1 is 1.31 bits per heavy atom. The van der Waals surface area contributed by atoms with E-state index < -0.39 is 5.76 Å². The highest BCUT2D eigenvalue weighted by Gasteiger charge is 2.03. The van der Waals surface area contributed by atoms with Gasteiger partial charge < -0.3 is 5.32 Å². The van der Waals surface area contributed by atoms with Crippen molar-refractivity contribution in [3.8, 4) is 11.8 Å². The number of rotatable bonds is 4. The predicted molar refractivity (Wildman–Crippen MR) is 63.7 cm³/mol. The van der Waals surface area contributed by atoms with E-state index in [-0.39, 0.29) is 0 Å². The lowest BCUT2D eigenvalue weighted by atomic mass is 10.2. The quantitative estimate of drug-likeness (QED) is 0.494. The van der Waals surface area contributed by atoms with Crippen LogP contribution in [0, 0.1) is 11.8 Å². The molecule has 0 aliphatic rings. The van der Waals surface area contributed by atoms with Crippen LogP contribution in [-0.4, -0.2) is 18.8 Å². The summed E-state index contributed by atoms with van der Waals surface area (Å²) in [4.78, 5) is 0.562. The molecule has 0 fully saturated rings. The predicted octanol–water partition coefficient (Wildman–Crippen LogP) is 2.96. The zero-order valence-corrected chi connectivity index (χ0v) is 9.78. The Labute approximate surface area is 98.6 Å². The Kier molecular flexibility index (Phi) is 5.91. The molecule has 1 aromatic rings. The van der Waals surface area contributed by atoms with E-state index >= 15 is 0 Å². The van der Waals surface area contributed by atoms with Crippen LogP contribution < -0.4 is 5.32 Å². The van der Waals surface area contributed by atoms with Gasteiger partial charge in [-0.1, -0.05) is 30.5 Å². The van der Waals surface area contributed by atoms with Crippen molar-refractivity contribution >= 4 is 11.8 Å². The molecule has 0 aliphatic heterocycles. The van der Waals surface area contributed by atoms with E-state index in [4.69, 9.17) is 0 Å². The van der Waals surface area contributed by atoms with Crippen LogP contribution in [-0.2, 0) is 0 Å². The summed E-state index contributed by atoms with van der Waals surface area (Å²) in [5.74, 6) is 3.53. The molecule has 0 heterocycles. The van der Waals surface area contributed by atoms with Crippen LogP contribution in [0.4, 0.5) is 8.78 Å². The first-order valence-electron chi connectivity index (χ1n) is 4.97. The third kappa shape index (κ3) is 5.15. The van der Waals surface area contributed by atoms with Gasteiger partial charge in [-0.25, -0.2) is 0 Å². The molecule has 1 N–H and O–H groups in total. The summed E-state index contributed by atoms with van der Waals surface area (Å²) in [6, 6.07) is 6.83. The van der Waals surface area contributed by atoms with E-state index in [2.05, 4.69) is 17.2 Å². The van der Waals surface area contributed by atoms with Gasteiger partial charge in [0.05, 0.1) is 6.54 Å². The summed E-state index contributed by atoms with van der Waals surface area (Å²) in [5.41, 5.74) is 0.844. The molecule has 1 rings (SSSR count). The monoisotopic (exact) mass is 241 g/mol. The van der Waals surface area contributed by atoms with Crippen LogP contribution in [0.15, 0.2) is 29.2 Å². The number of hydrogen-bond acceptors (Lipinski definition) is 2. The highest BCUT2D eigenvalue weighted by atomic mass is 32.2. The van der Waals surface area contributed by atoms with E-state index in [9.17, 15) is 8.78 Å². The first-order chi connectivity index (χ1) is 7.72. The van der Waals surface area contributed by atoms with Crippen LogP contribution in [0.5, 0.6) is 0 Å². The Morgan fingerprint density at radius 2 is 2.00 bits per heavy atom. The van der Waals surface area contributed by atoms with Gasteiger partial charge in [0.1, 0.15) is 0 Å². The van der Waals surface area contributed by atoms with E-state index in [1.807, 2.05) is 6.92 Å². The number of halogens is 2. The van der Waals surface area contributed by atoms with Gasteiger partial charge in [-0.15, -0.1) is 0 Å². The van der Waals surface area contributed by atoms with Crippen molar-refractivity contribution in [2.24, 2.45) is 0 Å². The second-order valence-corrected chi connectivity index (χ2v) is 4.05. The SMILES string of the molecule is CCNCC#Cc1ccc(SC(F)F)cc1. The molecule has 0 amide bonds. The van der Waals surface area contributed by atoms with Crippen LogP contribution >= 0.6 is 11.8 Å². The summed E-state index contributed by atoms with van der Waals surface area (Å²) in [6.07, 6.45) is 0. The molecule has 86 valence electrons. The number of benzene rings is 1. The first-order valence-corrected chi connectivity index (χ1v) is 5.85. The Hall–Kier alpha value is -1.05. The topological polar surface area (TPSA) is 12.0 Å². The third-order valence-corrected chi connectivity index (χ3v) is 2.50. The summed E-state index contributed by atoms with van der Waals surface area (Å²) in [7, 11) is 0. The van der Waals surface area contributed by atoms with E-state index in [1.54, 1.807) is 24.3 Å². The summed E-state index contributed by atoms with van der Waals surface area (Å²) >= 11 is 0.545. The summed E-state index contributed by atoms with van der Waals surface area (Å²) in [6.45, 7) is 3.54. The lowest BCUT2D eigenvalue weighted by Gasteiger charge is -1.99. The maximum atomic E-state index is 12.0. The van der Waals surface area contributed by atoms with Gasteiger partial charge in [-0.2, -0.15) is 8.78 Å². The average molecular weight is 241 g/mol. The van der Waals surface area contributed by atoms with Crippen molar-refractivity contribution in [3.63, 3.8) is 0 Å². The maximum absolute atomic E-state index is 12.0. The molecule has 1 nitrogen and oxygen atoms in total. The van der Waals surface area contributed by atoms with Crippen molar-refractivity contribution in [2.45, 2.75) is 17.6 Å². The summed E-state index contributed by atoms with van der Waals surface area (Å²) < 4.78 is 24.1. The van der Waals surface area contributed by atoms with Crippen LogP contribution in [0.25, 0.3) is 0 Å². The molecule has 16 heavy (non-hydrogen) atoms. The second-order valence-electron chi connectivity index (χ2n) is 2.98. The molecule has 0 atom stereocenters. The Balaban J connectivity index is 2.53. The molecule has 0 aliphatic carbocycles. The highest BCUT2D eigenvalue weighted by molar-refractivity contribution is 7.99. The Morgan fingerprint density at radius 3 is 2.56 bits per heavy atom. The molecule has 0 bridgehead atoms. The molecule has 0 spiro atoms. The number of nitrogens with one attached hydrogen (secondary N) is 1. The van der Waals surface area contributed by atoms with E-state index in [1.165, 1.54) is 0 Å². The fourth-order valence-electron chi connectivity index (χ4n) is 1.05. The fraction of sp³-hybridized carbons (Fsp3) is 0.333. The minimum atomic E-state index is -2.37. The van der Waals surface area contributed by atoms with Crippen LogP contribution in [0.3, 0.4) is 0 Å². The van der Waals surface area contributed by atoms with Crippen molar-refractivity contribution in [1.29, 1.82) is 0 Å². The van der Waals surface area contributed by atoms with Crippen molar-refractivity contribution < 1.29 is 8.78 Å². The second kappa shape index (κ2) is 7.26. The number of alkyl halides is 2. The molecular weight excluding hydrogens is 228 g/mol. The fourth-order valence-corrected chi connectivity index (χ4v) is 1.55. The van der Waals surface area contributed by atoms with Crippen LogP contribution in [0.2, 0.25) is 0 Å². The van der Waals surface area contributed by atoms with Crippen molar-refractivity contribution in [2.75, 3.05) is 13.1 Å². The largest absolute Gasteiger partial charge is 0.306 e.